The van der Waals surface area contributed by atoms with Crippen LogP contribution in [0.15, 0.2) is 60.8 Å². The van der Waals surface area contributed by atoms with Gasteiger partial charge in [0.1, 0.15) is 0 Å². The highest BCUT2D eigenvalue weighted by Crippen LogP contribution is 2.22. The summed E-state index contributed by atoms with van der Waals surface area (Å²) < 4.78 is 0. The van der Waals surface area contributed by atoms with Gasteiger partial charge in [-0.1, -0.05) is 42.5 Å². The molecular formula is C17H17N3. The fourth-order valence-electron chi connectivity index (χ4n) is 2.37. The number of nitrogens with one attached hydrogen (secondary N) is 1. The Kier molecular flexibility index (Phi) is 3.61. The second-order valence-corrected chi connectivity index (χ2v) is 4.70. The molecule has 0 bridgehead atoms. The van der Waals surface area contributed by atoms with Gasteiger partial charge in [-0.05, 0) is 23.3 Å². The van der Waals surface area contributed by atoms with Crippen molar-refractivity contribution in [1.29, 1.82) is 0 Å². The normalized spacial score (nSPS) is 10.7. The predicted octanol–water partition coefficient (Wildman–Crippen LogP) is 3.31. The van der Waals surface area contributed by atoms with Gasteiger partial charge in [-0.2, -0.15) is 0 Å². The Morgan fingerprint density at radius 2 is 1.65 bits per heavy atom. The molecular weight excluding hydrogens is 246 g/mol. The van der Waals surface area contributed by atoms with E-state index >= 15 is 0 Å². The van der Waals surface area contributed by atoms with Crippen molar-refractivity contribution in [3.05, 3.63) is 71.9 Å². The number of hydrogen-bond acceptors (Lipinski definition) is 3. The molecule has 20 heavy (non-hydrogen) atoms. The Morgan fingerprint density at radius 1 is 0.900 bits per heavy atom. The lowest BCUT2D eigenvalue weighted by molar-refractivity contribution is 1.01. The van der Waals surface area contributed by atoms with Crippen LogP contribution in [0.1, 0.15) is 11.1 Å². The lowest BCUT2D eigenvalue weighted by Gasteiger charge is -2.12. The van der Waals surface area contributed by atoms with Crippen LogP contribution in [0.3, 0.4) is 0 Å². The summed E-state index contributed by atoms with van der Waals surface area (Å²) >= 11 is 0. The first-order valence-electron chi connectivity index (χ1n) is 6.73. The number of aromatic nitrogens is 1. The maximum absolute atomic E-state index is 5.77. The molecule has 0 radical (unpaired) electrons. The van der Waals surface area contributed by atoms with Gasteiger partial charge < -0.3 is 11.1 Å². The smallest absolute Gasteiger partial charge is 0.0722 e. The van der Waals surface area contributed by atoms with Crippen LogP contribution in [-0.2, 0) is 13.1 Å². The lowest BCUT2D eigenvalue weighted by atomic mass is 10.1. The number of benzene rings is 2. The molecule has 0 aliphatic carbocycles. The van der Waals surface area contributed by atoms with Crippen molar-refractivity contribution >= 4 is 16.6 Å². The molecule has 0 aliphatic heterocycles. The van der Waals surface area contributed by atoms with Crippen LogP contribution in [-0.4, -0.2) is 4.98 Å². The molecule has 0 unspecified atom stereocenters. The molecule has 0 saturated carbocycles. The van der Waals surface area contributed by atoms with E-state index in [1.165, 1.54) is 11.1 Å². The van der Waals surface area contributed by atoms with Gasteiger partial charge >= 0.3 is 0 Å². The third-order valence-corrected chi connectivity index (χ3v) is 3.46. The van der Waals surface area contributed by atoms with Crippen LogP contribution in [0.25, 0.3) is 10.9 Å². The van der Waals surface area contributed by atoms with Crippen molar-refractivity contribution in [1.82, 2.24) is 4.98 Å². The molecule has 0 aliphatic rings. The minimum atomic E-state index is 0.564. The van der Waals surface area contributed by atoms with E-state index in [2.05, 4.69) is 28.5 Å². The van der Waals surface area contributed by atoms with Gasteiger partial charge in [-0.3, -0.25) is 4.98 Å². The number of hydrogen-bond donors (Lipinski definition) is 2. The molecule has 3 heteroatoms. The number of rotatable bonds is 4. The largest absolute Gasteiger partial charge is 0.380 e. The molecule has 1 aromatic heterocycles. The van der Waals surface area contributed by atoms with Crippen LogP contribution in [0.5, 0.6) is 0 Å². The van der Waals surface area contributed by atoms with Crippen molar-refractivity contribution in [2.24, 2.45) is 5.73 Å². The molecule has 0 fully saturated rings. The minimum Gasteiger partial charge on any atom is -0.380 e. The molecule has 3 aromatic rings. The van der Waals surface area contributed by atoms with Gasteiger partial charge in [-0.25, -0.2) is 0 Å². The Balaban J connectivity index is 1.87. The van der Waals surface area contributed by atoms with Gasteiger partial charge in [0.25, 0.3) is 0 Å². The van der Waals surface area contributed by atoms with Crippen molar-refractivity contribution in [2.45, 2.75) is 13.1 Å². The Labute approximate surface area is 118 Å². The molecule has 3 nitrogen and oxygen atoms in total. The minimum absolute atomic E-state index is 0.564. The van der Waals surface area contributed by atoms with Crippen molar-refractivity contribution in [3.63, 3.8) is 0 Å². The first-order valence-corrected chi connectivity index (χ1v) is 6.73. The third kappa shape index (κ3) is 2.49. The Bertz CT molecular complexity index is 717. The maximum atomic E-state index is 5.77. The summed E-state index contributed by atoms with van der Waals surface area (Å²) in [4.78, 5) is 4.37. The molecule has 2 aromatic carbocycles. The summed E-state index contributed by atoms with van der Waals surface area (Å²) in [6, 6.07) is 18.4. The van der Waals surface area contributed by atoms with Crippen molar-refractivity contribution in [3.8, 4) is 0 Å². The van der Waals surface area contributed by atoms with Gasteiger partial charge in [-0.15, -0.1) is 0 Å². The first kappa shape index (κ1) is 12.6. The predicted molar refractivity (Wildman–Crippen MR) is 83.4 cm³/mol. The SMILES string of the molecule is NCc1ccccc1CNc1ccnc2ccccc12. The fourth-order valence-corrected chi connectivity index (χ4v) is 2.37. The molecule has 3 rings (SSSR count). The molecule has 0 saturated heterocycles. The molecule has 0 amide bonds. The van der Waals surface area contributed by atoms with Crippen LogP contribution in [0, 0.1) is 0 Å². The van der Waals surface area contributed by atoms with Gasteiger partial charge in [0, 0.05) is 30.4 Å². The highest BCUT2D eigenvalue weighted by molar-refractivity contribution is 5.90. The van der Waals surface area contributed by atoms with Crippen LogP contribution in [0.2, 0.25) is 0 Å². The average molecular weight is 263 g/mol. The number of pyridine rings is 1. The number of para-hydroxylation sites is 1. The number of nitrogens with zero attached hydrogens (tertiary/aromatic N) is 1. The summed E-state index contributed by atoms with van der Waals surface area (Å²) in [5.74, 6) is 0. The molecule has 100 valence electrons. The van der Waals surface area contributed by atoms with Crippen LogP contribution >= 0.6 is 0 Å². The number of fused-ring (bicyclic) bond motifs is 1. The zero-order valence-electron chi connectivity index (χ0n) is 11.2. The zero-order valence-corrected chi connectivity index (χ0v) is 11.2. The summed E-state index contributed by atoms with van der Waals surface area (Å²) in [5.41, 5.74) is 10.3. The highest BCUT2D eigenvalue weighted by atomic mass is 14.9. The average Bonchev–Trinajstić information content (AvgIpc) is 2.53. The molecule has 0 atom stereocenters. The van der Waals surface area contributed by atoms with E-state index in [-0.39, 0.29) is 0 Å². The van der Waals surface area contributed by atoms with E-state index < -0.39 is 0 Å². The number of nitrogens with two attached hydrogens (primary N) is 1. The summed E-state index contributed by atoms with van der Waals surface area (Å²) in [6.07, 6.45) is 1.83. The monoisotopic (exact) mass is 263 g/mol. The third-order valence-electron chi connectivity index (χ3n) is 3.46. The van der Waals surface area contributed by atoms with Crippen molar-refractivity contribution < 1.29 is 0 Å². The Hall–Kier alpha value is -2.39. The maximum Gasteiger partial charge on any atom is 0.0722 e. The quantitative estimate of drug-likeness (QED) is 0.759. The van der Waals surface area contributed by atoms with Gasteiger partial charge in [0.05, 0.1) is 5.52 Å². The summed E-state index contributed by atoms with van der Waals surface area (Å²) in [7, 11) is 0. The van der Waals surface area contributed by atoms with E-state index in [1.54, 1.807) is 0 Å². The van der Waals surface area contributed by atoms with E-state index in [0.29, 0.717) is 6.54 Å². The second-order valence-electron chi connectivity index (χ2n) is 4.70. The fraction of sp³-hybridized carbons (Fsp3) is 0.118. The summed E-state index contributed by atoms with van der Waals surface area (Å²) in [5, 5.41) is 4.62. The topological polar surface area (TPSA) is 50.9 Å². The number of anilines is 1. The summed E-state index contributed by atoms with van der Waals surface area (Å²) in [6.45, 7) is 1.33. The van der Waals surface area contributed by atoms with Crippen LogP contribution < -0.4 is 11.1 Å². The van der Waals surface area contributed by atoms with Gasteiger partial charge in [0.2, 0.25) is 0 Å². The first-order chi connectivity index (χ1) is 9.88. The van der Waals surface area contributed by atoms with E-state index in [0.717, 1.165) is 23.1 Å². The lowest BCUT2D eigenvalue weighted by Crippen LogP contribution is -2.06. The standard InChI is InChI=1S/C17H17N3/c18-11-13-5-1-2-6-14(13)12-20-17-9-10-19-16-8-4-3-7-15(16)17/h1-10H,11-12,18H2,(H,19,20). The van der Waals surface area contributed by atoms with E-state index in [9.17, 15) is 0 Å². The second kappa shape index (κ2) is 5.72. The molecule has 1 heterocycles. The van der Waals surface area contributed by atoms with Crippen molar-refractivity contribution in [2.75, 3.05) is 5.32 Å². The van der Waals surface area contributed by atoms with E-state index in [4.69, 9.17) is 5.73 Å². The zero-order chi connectivity index (χ0) is 13.8. The highest BCUT2D eigenvalue weighted by Gasteiger charge is 2.03. The molecule has 3 N–H and O–H groups in total. The van der Waals surface area contributed by atoms with E-state index in [1.807, 2.05) is 42.6 Å². The Morgan fingerprint density at radius 3 is 2.50 bits per heavy atom. The molecule has 0 spiro atoms. The van der Waals surface area contributed by atoms with Crippen LogP contribution in [0.4, 0.5) is 5.69 Å². The van der Waals surface area contributed by atoms with Gasteiger partial charge in [0.15, 0.2) is 0 Å².